The topological polar surface area (TPSA) is 61.5 Å². The molecule has 0 heterocycles. The zero-order valence-electron chi connectivity index (χ0n) is 12.2. The molecule has 2 rings (SSSR count). The Labute approximate surface area is 120 Å². The molecule has 4 nitrogen and oxygen atoms in total. The normalized spacial score (nSPS) is 19.3. The van der Waals surface area contributed by atoms with E-state index in [9.17, 15) is 4.79 Å². The van der Waals surface area contributed by atoms with E-state index in [1.54, 1.807) is 6.92 Å². The summed E-state index contributed by atoms with van der Waals surface area (Å²) in [5.41, 5.74) is 5.05. The van der Waals surface area contributed by atoms with Crippen molar-refractivity contribution >= 4 is 5.91 Å². The Morgan fingerprint density at radius 3 is 2.30 bits per heavy atom. The van der Waals surface area contributed by atoms with Crippen molar-refractivity contribution in [3.8, 4) is 5.75 Å². The Morgan fingerprint density at radius 1 is 1.20 bits per heavy atom. The minimum atomic E-state index is -1.09. The molecular formula is C16H23NO3. The summed E-state index contributed by atoms with van der Waals surface area (Å²) in [6.07, 6.45) is 6.36. The molecule has 1 aliphatic carbocycles. The van der Waals surface area contributed by atoms with Crippen LogP contribution in [0.2, 0.25) is 0 Å². The predicted octanol–water partition coefficient (Wildman–Crippen LogP) is 2.75. The number of ether oxygens (including phenoxy) is 2. The van der Waals surface area contributed by atoms with E-state index in [2.05, 4.69) is 0 Å². The minimum Gasteiger partial charge on any atom is -0.490 e. The molecule has 0 aromatic heterocycles. The van der Waals surface area contributed by atoms with Gasteiger partial charge < -0.3 is 15.2 Å². The van der Waals surface area contributed by atoms with Gasteiger partial charge in [0.05, 0.1) is 6.10 Å². The van der Waals surface area contributed by atoms with E-state index in [-0.39, 0.29) is 0 Å². The summed E-state index contributed by atoms with van der Waals surface area (Å²) in [5.74, 6) is 0.338. The van der Waals surface area contributed by atoms with Crippen LogP contribution in [0.5, 0.6) is 5.75 Å². The summed E-state index contributed by atoms with van der Waals surface area (Å²) < 4.78 is 11.2. The van der Waals surface area contributed by atoms with Gasteiger partial charge in [0, 0.05) is 7.11 Å². The molecule has 110 valence electrons. The van der Waals surface area contributed by atoms with Crippen molar-refractivity contribution in [1.29, 1.82) is 0 Å². The van der Waals surface area contributed by atoms with E-state index in [1.165, 1.54) is 26.4 Å². The molecule has 1 fully saturated rings. The summed E-state index contributed by atoms with van der Waals surface area (Å²) >= 11 is 0. The first-order chi connectivity index (χ1) is 9.56. The maximum Gasteiger partial charge on any atom is 0.254 e. The number of benzene rings is 1. The molecule has 0 radical (unpaired) electrons. The van der Waals surface area contributed by atoms with Crippen molar-refractivity contribution in [3.63, 3.8) is 0 Å². The van der Waals surface area contributed by atoms with Crippen LogP contribution in [0.25, 0.3) is 0 Å². The molecule has 0 bridgehead atoms. The molecule has 1 aliphatic rings. The molecule has 4 heteroatoms. The van der Waals surface area contributed by atoms with Gasteiger partial charge in [0.2, 0.25) is 0 Å². The van der Waals surface area contributed by atoms with Gasteiger partial charge in [0.1, 0.15) is 5.75 Å². The summed E-state index contributed by atoms with van der Waals surface area (Å²) in [5, 5.41) is 0. The molecule has 1 saturated carbocycles. The van der Waals surface area contributed by atoms with Crippen LogP contribution in [-0.4, -0.2) is 19.1 Å². The third-order valence-electron chi connectivity index (χ3n) is 4.14. The van der Waals surface area contributed by atoms with Gasteiger partial charge in [0.15, 0.2) is 5.60 Å². The number of nitrogens with two attached hydrogens (primary N) is 1. The van der Waals surface area contributed by atoms with Crippen molar-refractivity contribution in [2.24, 2.45) is 5.73 Å². The zero-order chi connectivity index (χ0) is 14.6. The first kappa shape index (κ1) is 14.9. The highest BCUT2D eigenvalue weighted by Gasteiger charge is 2.33. The summed E-state index contributed by atoms with van der Waals surface area (Å²) in [6, 6.07) is 7.44. The van der Waals surface area contributed by atoms with Crippen molar-refractivity contribution in [3.05, 3.63) is 29.8 Å². The molecular weight excluding hydrogens is 254 g/mol. The fourth-order valence-corrected chi connectivity index (χ4v) is 2.59. The highest BCUT2D eigenvalue weighted by molar-refractivity contribution is 5.84. The van der Waals surface area contributed by atoms with Gasteiger partial charge >= 0.3 is 0 Å². The summed E-state index contributed by atoms with van der Waals surface area (Å²) in [6.45, 7) is 1.67. The maximum absolute atomic E-state index is 11.5. The number of carbonyl (C=O) groups is 1. The third kappa shape index (κ3) is 3.12. The molecule has 1 amide bonds. The van der Waals surface area contributed by atoms with Crippen LogP contribution in [0.4, 0.5) is 0 Å². The number of primary amides is 1. The van der Waals surface area contributed by atoms with Crippen molar-refractivity contribution in [2.45, 2.75) is 50.7 Å². The standard InChI is InChI=1S/C16H23NO3/c1-16(19-2,15(17)18)12-8-10-14(11-9-12)20-13-6-4-3-5-7-13/h8-11,13H,3-7H2,1-2H3,(H2,17,18). The van der Waals surface area contributed by atoms with Gasteiger partial charge in [-0.3, -0.25) is 4.79 Å². The van der Waals surface area contributed by atoms with E-state index >= 15 is 0 Å². The van der Waals surface area contributed by atoms with Crippen LogP contribution >= 0.6 is 0 Å². The fraction of sp³-hybridized carbons (Fsp3) is 0.562. The van der Waals surface area contributed by atoms with Crippen LogP contribution in [0, 0.1) is 0 Å². The first-order valence-electron chi connectivity index (χ1n) is 7.18. The Hall–Kier alpha value is -1.55. The van der Waals surface area contributed by atoms with E-state index in [4.69, 9.17) is 15.2 Å². The average molecular weight is 277 g/mol. The smallest absolute Gasteiger partial charge is 0.254 e. The minimum absolute atomic E-state index is 0.319. The summed E-state index contributed by atoms with van der Waals surface area (Å²) in [7, 11) is 1.48. The molecule has 0 saturated heterocycles. The van der Waals surface area contributed by atoms with E-state index < -0.39 is 11.5 Å². The van der Waals surface area contributed by atoms with E-state index in [0.717, 1.165) is 24.2 Å². The van der Waals surface area contributed by atoms with Gasteiger partial charge in [-0.05, 0) is 50.3 Å². The largest absolute Gasteiger partial charge is 0.490 e. The molecule has 20 heavy (non-hydrogen) atoms. The first-order valence-corrected chi connectivity index (χ1v) is 7.18. The second kappa shape index (κ2) is 6.27. The quantitative estimate of drug-likeness (QED) is 0.900. The lowest BCUT2D eigenvalue weighted by molar-refractivity contribution is -0.139. The molecule has 1 aromatic carbocycles. The van der Waals surface area contributed by atoms with Gasteiger partial charge in [-0.15, -0.1) is 0 Å². The lowest BCUT2D eigenvalue weighted by Gasteiger charge is -2.26. The number of carbonyl (C=O) groups excluding carboxylic acids is 1. The average Bonchev–Trinajstić information content (AvgIpc) is 2.48. The number of methoxy groups -OCH3 is 1. The fourth-order valence-electron chi connectivity index (χ4n) is 2.59. The Morgan fingerprint density at radius 2 is 1.80 bits per heavy atom. The molecule has 1 aromatic rings. The van der Waals surface area contributed by atoms with Crippen LogP contribution in [0.1, 0.15) is 44.6 Å². The van der Waals surface area contributed by atoms with Gasteiger partial charge in [-0.1, -0.05) is 18.6 Å². The number of rotatable bonds is 5. The van der Waals surface area contributed by atoms with Crippen molar-refractivity contribution in [2.75, 3.05) is 7.11 Å². The van der Waals surface area contributed by atoms with Crippen molar-refractivity contribution < 1.29 is 14.3 Å². The Balaban J connectivity index is 2.07. The van der Waals surface area contributed by atoms with Crippen LogP contribution in [0.15, 0.2) is 24.3 Å². The lowest BCUT2D eigenvalue weighted by Crippen LogP contribution is -2.40. The predicted molar refractivity (Wildman–Crippen MR) is 77.5 cm³/mol. The second-order valence-corrected chi connectivity index (χ2v) is 5.50. The highest BCUT2D eigenvalue weighted by atomic mass is 16.5. The molecule has 0 aliphatic heterocycles. The molecule has 0 spiro atoms. The van der Waals surface area contributed by atoms with Crippen molar-refractivity contribution in [1.82, 2.24) is 0 Å². The summed E-state index contributed by atoms with van der Waals surface area (Å²) in [4.78, 5) is 11.5. The Kier molecular flexibility index (Phi) is 4.65. The van der Waals surface area contributed by atoms with Gasteiger partial charge in [-0.2, -0.15) is 0 Å². The number of hydrogen-bond donors (Lipinski definition) is 1. The number of hydrogen-bond acceptors (Lipinski definition) is 3. The lowest BCUT2D eigenvalue weighted by atomic mass is 9.95. The molecule has 1 unspecified atom stereocenters. The number of amides is 1. The molecule has 2 N–H and O–H groups in total. The van der Waals surface area contributed by atoms with Gasteiger partial charge in [0.25, 0.3) is 5.91 Å². The second-order valence-electron chi connectivity index (χ2n) is 5.50. The molecule has 1 atom stereocenters. The third-order valence-corrected chi connectivity index (χ3v) is 4.14. The Bertz CT molecular complexity index is 451. The zero-order valence-corrected chi connectivity index (χ0v) is 12.2. The van der Waals surface area contributed by atoms with E-state index in [1.807, 2.05) is 24.3 Å². The van der Waals surface area contributed by atoms with Crippen LogP contribution in [0.3, 0.4) is 0 Å². The van der Waals surface area contributed by atoms with Gasteiger partial charge in [-0.25, -0.2) is 0 Å². The maximum atomic E-state index is 11.5. The SMILES string of the molecule is COC(C)(C(N)=O)c1ccc(OC2CCCCC2)cc1. The monoisotopic (exact) mass is 277 g/mol. The van der Waals surface area contributed by atoms with Crippen LogP contribution in [-0.2, 0) is 15.1 Å². The highest BCUT2D eigenvalue weighted by Crippen LogP contribution is 2.28. The van der Waals surface area contributed by atoms with E-state index in [0.29, 0.717) is 6.10 Å². The van der Waals surface area contributed by atoms with Crippen LogP contribution < -0.4 is 10.5 Å².